The Bertz CT molecular complexity index is 421. The van der Waals surface area contributed by atoms with Crippen LogP contribution in [0.5, 0.6) is 5.75 Å². The highest BCUT2D eigenvalue weighted by Crippen LogP contribution is 2.50. The Kier molecular flexibility index (Phi) is 4.51. The summed E-state index contributed by atoms with van der Waals surface area (Å²) >= 11 is 0. The van der Waals surface area contributed by atoms with Crippen molar-refractivity contribution >= 4 is 0 Å². The molecule has 2 rings (SSSR count). The number of rotatable bonds is 6. The fourth-order valence-corrected chi connectivity index (χ4v) is 3.47. The van der Waals surface area contributed by atoms with Gasteiger partial charge >= 0.3 is 0 Å². The molecule has 1 aromatic rings. The summed E-state index contributed by atoms with van der Waals surface area (Å²) in [5, 5.41) is 3.61. The molecule has 0 unspecified atom stereocenters. The number of methoxy groups -OCH3 is 1. The van der Waals surface area contributed by atoms with Gasteiger partial charge in [-0.3, -0.25) is 0 Å². The van der Waals surface area contributed by atoms with Crippen LogP contribution in [0.1, 0.15) is 44.2 Å². The highest BCUT2D eigenvalue weighted by Gasteiger charge is 2.44. The van der Waals surface area contributed by atoms with Crippen LogP contribution in [0.25, 0.3) is 0 Å². The third kappa shape index (κ3) is 2.94. The fourth-order valence-electron chi connectivity index (χ4n) is 3.47. The molecule has 2 nitrogen and oxygen atoms in total. The van der Waals surface area contributed by atoms with Crippen LogP contribution in [0.4, 0.5) is 0 Å². The first-order valence-electron chi connectivity index (χ1n) is 7.47. The average Bonchev–Trinajstić information content (AvgIpc) is 2.36. The van der Waals surface area contributed by atoms with Gasteiger partial charge in [0.15, 0.2) is 0 Å². The normalized spacial score (nSPS) is 26.0. The number of nitrogens with one attached hydrogen (secondary N) is 1. The predicted molar refractivity (Wildman–Crippen MR) is 81.0 cm³/mol. The van der Waals surface area contributed by atoms with Gasteiger partial charge in [0.2, 0.25) is 0 Å². The molecule has 0 amide bonds. The summed E-state index contributed by atoms with van der Waals surface area (Å²) in [5.74, 6) is 1.88. The zero-order valence-corrected chi connectivity index (χ0v) is 12.8. The molecule has 0 heterocycles. The summed E-state index contributed by atoms with van der Waals surface area (Å²) < 4.78 is 5.60. The second kappa shape index (κ2) is 5.96. The smallest absolute Gasteiger partial charge is 0.122 e. The molecule has 0 aromatic heterocycles. The Morgan fingerprint density at radius 2 is 2.11 bits per heavy atom. The average molecular weight is 261 g/mol. The zero-order valence-electron chi connectivity index (χ0n) is 12.8. The molecule has 2 heteroatoms. The molecule has 1 saturated carbocycles. The van der Waals surface area contributed by atoms with Crippen molar-refractivity contribution in [1.82, 2.24) is 5.32 Å². The van der Waals surface area contributed by atoms with Gasteiger partial charge in [0.1, 0.15) is 5.75 Å². The third-order valence-electron chi connectivity index (χ3n) is 4.29. The van der Waals surface area contributed by atoms with Crippen LogP contribution >= 0.6 is 0 Å². The van der Waals surface area contributed by atoms with Crippen molar-refractivity contribution in [3.63, 3.8) is 0 Å². The van der Waals surface area contributed by atoms with Gasteiger partial charge in [-0.15, -0.1) is 0 Å². The van der Waals surface area contributed by atoms with E-state index in [9.17, 15) is 0 Å². The van der Waals surface area contributed by atoms with Crippen LogP contribution < -0.4 is 10.1 Å². The number of benzene rings is 1. The molecule has 1 aromatic carbocycles. The van der Waals surface area contributed by atoms with Gasteiger partial charge in [-0.05, 0) is 44.7 Å². The largest absolute Gasteiger partial charge is 0.496 e. The highest BCUT2D eigenvalue weighted by atomic mass is 16.5. The summed E-state index contributed by atoms with van der Waals surface area (Å²) in [5.41, 5.74) is 3.01. The van der Waals surface area contributed by atoms with E-state index in [1.165, 1.54) is 30.4 Å². The Morgan fingerprint density at radius 3 is 2.68 bits per heavy atom. The maximum Gasteiger partial charge on any atom is 0.122 e. The Morgan fingerprint density at radius 1 is 1.37 bits per heavy atom. The summed E-state index contributed by atoms with van der Waals surface area (Å²) in [6.45, 7) is 8.91. The van der Waals surface area contributed by atoms with Crippen LogP contribution in [-0.2, 0) is 5.41 Å². The van der Waals surface area contributed by atoms with E-state index in [0.29, 0.717) is 0 Å². The lowest BCUT2D eigenvalue weighted by molar-refractivity contribution is 0.148. The van der Waals surface area contributed by atoms with Crippen molar-refractivity contribution in [3.8, 4) is 5.75 Å². The van der Waals surface area contributed by atoms with E-state index < -0.39 is 0 Å². The third-order valence-corrected chi connectivity index (χ3v) is 4.29. The van der Waals surface area contributed by atoms with Gasteiger partial charge < -0.3 is 10.1 Å². The topological polar surface area (TPSA) is 21.3 Å². The quantitative estimate of drug-likeness (QED) is 0.789. The summed E-state index contributed by atoms with van der Waals surface area (Å²) in [4.78, 5) is 0. The van der Waals surface area contributed by atoms with Gasteiger partial charge in [0.05, 0.1) is 7.11 Å². The first kappa shape index (κ1) is 14.4. The van der Waals surface area contributed by atoms with E-state index in [1.54, 1.807) is 7.11 Å². The molecule has 0 saturated heterocycles. The summed E-state index contributed by atoms with van der Waals surface area (Å²) in [7, 11) is 1.78. The molecule has 0 radical (unpaired) electrons. The molecule has 106 valence electrons. The van der Waals surface area contributed by atoms with E-state index in [2.05, 4.69) is 44.3 Å². The van der Waals surface area contributed by atoms with Crippen LogP contribution in [0, 0.1) is 12.8 Å². The van der Waals surface area contributed by atoms with Gasteiger partial charge in [-0.25, -0.2) is 0 Å². The second-order valence-electron chi connectivity index (χ2n) is 6.17. The van der Waals surface area contributed by atoms with Crippen LogP contribution in [0.3, 0.4) is 0 Å². The summed E-state index contributed by atoms with van der Waals surface area (Å²) in [6, 6.07) is 6.57. The number of hydrogen-bond donors (Lipinski definition) is 1. The monoisotopic (exact) mass is 261 g/mol. The summed E-state index contributed by atoms with van der Waals surface area (Å²) in [6.07, 6.45) is 3.73. The molecule has 1 aliphatic rings. The van der Waals surface area contributed by atoms with Gasteiger partial charge in [0, 0.05) is 17.5 Å². The molecule has 1 aliphatic carbocycles. The van der Waals surface area contributed by atoms with Crippen molar-refractivity contribution < 1.29 is 4.74 Å². The molecule has 19 heavy (non-hydrogen) atoms. The van der Waals surface area contributed by atoms with Crippen molar-refractivity contribution in [2.24, 2.45) is 5.92 Å². The Labute approximate surface area is 117 Å². The maximum atomic E-state index is 5.60. The van der Waals surface area contributed by atoms with Crippen LogP contribution in [0.2, 0.25) is 0 Å². The molecule has 1 fully saturated rings. The van der Waals surface area contributed by atoms with E-state index in [1.807, 2.05) is 0 Å². The number of ether oxygens (including phenoxy) is 1. The minimum Gasteiger partial charge on any atom is -0.496 e. The van der Waals surface area contributed by atoms with Gasteiger partial charge in [0.25, 0.3) is 0 Å². The molecular weight excluding hydrogens is 234 g/mol. The van der Waals surface area contributed by atoms with Crippen molar-refractivity contribution in [1.29, 1.82) is 0 Å². The van der Waals surface area contributed by atoms with Gasteiger partial charge in [-0.1, -0.05) is 31.5 Å². The Hall–Kier alpha value is -1.02. The molecular formula is C17H27NO. The van der Waals surface area contributed by atoms with Crippen LogP contribution in [0.15, 0.2) is 18.2 Å². The minimum atomic E-state index is 0.284. The predicted octanol–water partition coefficient (Wildman–Crippen LogP) is 3.67. The molecule has 0 aliphatic heterocycles. The molecule has 0 spiro atoms. The van der Waals surface area contributed by atoms with E-state index in [4.69, 9.17) is 4.74 Å². The van der Waals surface area contributed by atoms with Crippen molar-refractivity contribution in [2.45, 2.75) is 45.4 Å². The lowest BCUT2D eigenvalue weighted by atomic mass is 9.58. The molecule has 0 atom stereocenters. The lowest BCUT2D eigenvalue weighted by Gasteiger charge is -2.48. The molecule has 0 bridgehead atoms. The van der Waals surface area contributed by atoms with E-state index in [0.717, 1.165) is 24.8 Å². The maximum absolute atomic E-state index is 5.60. The van der Waals surface area contributed by atoms with Crippen molar-refractivity contribution in [2.75, 3.05) is 20.2 Å². The van der Waals surface area contributed by atoms with E-state index in [-0.39, 0.29) is 5.41 Å². The molecule has 1 N–H and O–H groups in total. The van der Waals surface area contributed by atoms with Crippen molar-refractivity contribution in [3.05, 3.63) is 29.3 Å². The fraction of sp³-hybridized carbons (Fsp3) is 0.647. The number of hydrogen-bond acceptors (Lipinski definition) is 2. The standard InChI is InChI=1S/C17H27NO/c1-5-8-18-12-17(10-14(3)11-17)15-9-13(2)6-7-16(15)19-4/h6-7,9,14,18H,5,8,10-12H2,1-4H3. The number of aryl methyl sites for hydroxylation is 1. The SMILES string of the molecule is CCCNCC1(c2cc(C)ccc2OC)CC(C)C1. The first-order chi connectivity index (χ1) is 9.11. The first-order valence-corrected chi connectivity index (χ1v) is 7.47. The lowest BCUT2D eigenvalue weighted by Crippen LogP contribution is -2.48. The van der Waals surface area contributed by atoms with Crippen LogP contribution in [-0.4, -0.2) is 20.2 Å². The van der Waals surface area contributed by atoms with E-state index >= 15 is 0 Å². The highest BCUT2D eigenvalue weighted by molar-refractivity contribution is 5.44. The minimum absolute atomic E-state index is 0.284. The Balaban J connectivity index is 2.25. The zero-order chi connectivity index (χ0) is 13.9. The second-order valence-corrected chi connectivity index (χ2v) is 6.17. The van der Waals surface area contributed by atoms with Gasteiger partial charge in [-0.2, -0.15) is 0 Å².